The van der Waals surface area contributed by atoms with Gasteiger partial charge in [0.05, 0.1) is 20.9 Å². The van der Waals surface area contributed by atoms with Crippen molar-refractivity contribution in [2.24, 2.45) is 0 Å². The second-order valence-corrected chi connectivity index (χ2v) is 7.78. The van der Waals surface area contributed by atoms with Gasteiger partial charge in [-0.25, -0.2) is 4.98 Å². The Bertz CT molecular complexity index is 525. The minimum atomic E-state index is 0.516. The minimum Gasteiger partial charge on any atom is -0.301 e. The number of halogens is 2. The van der Waals surface area contributed by atoms with Gasteiger partial charge in [0.25, 0.3) is 0 Å². The first-order chi connectivity index (χ1) is 9.67. The zero-order valence-electron chi connectivity index (χ0n) is 11.4. The van der Waals surface area contributed by atoms with Crippen LogP contribution in [0.4, 0.5) is 0 Å². The maximum Gasteiger partial charge on any atom is 0.0931 e. The molecule has 0 aliphatic heterocycles. The molecule has 0 fully saturated rings. The van der Waals surface area contributed by atoms with E-state index >= 15 is 0 Å². The van der Waals surface area contributed by atoms with Gasteiger partial charge in [-0.05, 0) is 45.0 Å². The Morgan fingerprint density at radius 2 is 2.15 bits per heavy atom. The first-order valence-corrected chi connectivity index (χ1v) is 9.20. The van der Waals surface area contributed by atoms with Gasteiger partial charge < -0.3 is 4.90 Å². The van der Waals surface area contributed by atoms with E-state index in [1.165, 1.54) is 22.7 Å². The molecule has 20 heavy (non-hydrogen) atoms. The smallest absolute Gasteiger partial charge is 0.0931 e. The topological polar surface area (TPSA) is 16.1 Å². The molecule has 2 heterocycles. The van der Waals surface area contributed by atoms with E-state index in [-0.39, 0.29) is 0 Å². The Morgan fingerprint density at radius 1 is 1.30 bits per heavy atom. The van der Waals surface area contributed by atoms with E-state index in [1.807, 2.05) is 6.07 Å². The van der Waals surface area contributed by atoms with Gasteiger partial charge in [0.15, 0.2) is 0 Å². The van der Waals surface area contributed by atoms with Crippen molar-refractivity contribution >= 4 is 45.9 Å². The number of hydrogen-bond donors (Lipinski definition) is 0. The number of thiophene rings is 1. The van der Waals surface area contributed by atoms with Crippen LogP contribution in [0.3, 0.4) is 0 Å². The van der Waals surface area contributed by atoms with Crippen molar-refractivity contribution in [2.45, 2.75) is 31.7 Å². The monoisotopic (exact) mass is 348 g/mol. The van der Waals surface area contributed by atoms with Gasteiger partial charge in [-0.1, -0.05) is 11.6 Å². The number of hydrogen-bond acceptors (Lipinski definition) is 4. The summed E-state index contributed by atoms with van der Waals surface area (Å²) in [7, 11) is 2.16. The lowest BCUT2D eigenvalue weighted by atomic mass is 10.2. The molecule has 2 aromatic heterocycles. The third-order valence-corrected chi connectivity index (χ3v) is 5.42. The molecule has 6 heteroatoms. The molecule has 2 nitrogen and oxygen atoms in total. The van der Waals surface area contributed by atoms with E-state index in [0.717, 1.165) is 29.5 Å². The summed E-state index contributed by atoms with van der Waals surface area (Å²) < 4.78 is 0.868. The molecule has 0 saturated carbocycles. The highest BCUT2D eigenvalue weighted by atomic mass is 35.5. The molecule has 0 aliphatic rings. The lowest BCUT2D eigenvalue weighted by Gasteiger charge is -2.14. The SMILES string of the molecule is CN(CCCCc1nc(CCl)cs1)Cc1ccc(Cl)s1. The first-order valence-electron chi connectivity index (χ1n) is 6.59. The summed E-state index contributed by atoms with van der Waals surface area (Å²) in [6.45, 7) is 2.08. The van der Waals surface area contributed by atoms with E-state index in [4.69, 9.17) is 23.2 Å². The van der Waals surface area contributed by atoms with Crippen LogP contribution in [0.15, 0.2) is 17.5 Å². The van der Waals surface area contributed by atoms with Crippen LogP contribution >= 0.6 is 45.9 Å². The van der Waals surface area contributed by atoms with Gasteiger partial charge in [-0.3, -0.25) is 0 Å². The summed E-state index contributed by atoms with van der Waals surface area (Å²) in [5.74, 6) is 0.516. The molecule has 0 saturated heterocycles. The van der Waals surface area contributed by atoms with Gasteiger partial charge in [0, 0.05) is 16.8 Å². The van der Waals surface area contributed by atoms with Crippen LogP contribution in [-0.4, -0.2) is 23.5 Å². The van der Waals surface area contributed by atoms with Crippen molar-refractivity contribution in [1.29, 1.82) is 0 Å². The Hall–Kier alpha value is -0.130. The number of nitrogens with zero attached hydrogens (tertiary/aromatic N) is 2. The fourth-order valence-corrected chi connectivity index (χ4v) is 4.20. The van der Waals surface area contributed by atoms with Crippen LogP contribution in [0.25, 0.3) is 0 Å². The van der Waals surface area contributed by atoms with Crippen LogP contribution in [0.5, 0.6) is 0 Å². The number of aromatic nitrogens is 1. The molecule has 2 rings (SSSR count). The van der Waals surface area contributed by atoms with Crippen molar-refractivity contribution in [2.75, 3.05) is 13.6 Å². The maximum atomic E-state index is 5.94. The van der Waals surface area contributed by atoms with Crippen LogP contribution in [0.1, 0.15) is 28.4 Å². The molecule has 0 atom stereocenters. The van der Waals surface area contributed by atoms with Crippen molar-refractivity contribution in [3.63, 3.8) is 0 Å². The summed E-state index contributed by atoms with van der Waals surface area (Å²) in [4.78, 5) is 8.14. The fourth-order valence-electron chi connectivity index (χ4n) is 1.96. The van der Waals surface area contributed by atoms with Gasteiger partial charge in [-0.15, -0.1) is 34.3 Å². The molecule has 110 valence electrons. The highest BCUT2D eigenvalue weighted by molar-refractivity contribution is 7.16. The average molecular weight is 349 g/mol. The van der Waals surface area contributed by atoms with Crippen LogP contribution in [-0.2, 0) is 18.8 Å². The Labute approximate surface area is 138 Å². The van der Waals surface area contributed by atoms with E-state index in [9.17, 15) is 0 Å². The molecule has 0 N–H and O–H groups in total. The molecule has 0 amide bonds. The summed E-state index contributed by atoms with van der Waals surface area (Å²) in [5.41, 5.74) is 0.998. The molecular weight excluding hydrogens is 331 g/mol. The van der Waals surface area contributed by atoms with Crippen molar-refractivity contribution in [1.82, 2.24) is 9.88 Å². The molecule has 0 bridgehead atoms. The van der Waals surface area contributed by atoms with E-state index in [2.05, 4.69) is 28.4 Å². The molecule has 0 spiro atoms. The number of aryl methyl sites for hydroxylation is 1. The quantitative estimate of drug-likeness (QED) is 0.490. The fraction of sp³-hybridized carbons (Fsp3) is 0.500. The van der Waals surface area contributed by atoms with Crippen molar-refractivity contribution < 1.29 is 0 Å². The predicted molar refractivity (Wildman–Crippen MR) is 90.3 cm³/mol. The average Bonchev–Trinajstić information content (AvgIpc) is 3.04. The lowest BCUT2D eigenvalue weighted by molar-refractivity contribution is 0.321. The molecule has 0 aromatic carbocycles. The third kappa shape index (κ3) is 5.34. The van der Waals surface area contributed by atoms with E-state index in [0.29, 0.717) is 5.88 Å². The molecule has 0 unspecified atom stereocenters. The van der Waals surface area contributed by atoms with Crippen LogP contribution in [0, 0.1) is 0 Å². The summed E-state index contributed by atoms with van der Waals surface area (Å²) in [6, 6.07) is 4.07. The highest BCUT2D eigenvalue weighted by Gasteiger charge is 2.04. The summed E-state index contributed by atoms with van der Waals surface area (Å²) >= 11 is 15.1. The summed E-state index contributed by atoms with van der Waals surface area (Å²) in [5, 5.41) is 3.25. The van der Waals surface area contributed by atoms with Crippen molar-refractivity contribution in [3.8, 4) is 0 Å². The Kier molecular flexibility index (Phi) is 6.78. The van der Waals surface area contributed by atoms with Gasteiger partial charge in [0.1, 0.15) is 0 Å². The zero-order valence-corrected chi connectivity index (χ0v) is 14.6. The van der Waals surface area contributed by atoms with Crippen molar-refractivity contribution in [3.05, 3.63) is 37.4 Å². The third-order valence-electron chi connectivity index (χ3n) is 2.97. The number of rotatable bonds is 8. The lowest BCUT2D eigenvalue weighted by Crippen LogP contribution is -2.18. The largest absolute Gasteiger partial charge is 0.301 e. The second-order valence-electron chi connectivity index (χ2n) is 4.77. The van der Waals surface area contributed by atoms with Gasteiger partial charge in [0.2, 0.25) is 0 Å². The molecule has 0 aliphatic carbocycles. The van der Waals surface area contributed by atoms with Crippen LogP contribution in [0.2, 0.25) is 4.34 Å². The second kappa shape index (κ2) is 8.35. The molecule has 2 aromatic rings. The molecule has 0 radical (unpaired) electrons. The number of thiazole rings is 1. The predicted octanol–water partition coefficient (Wildman–Crippen LogP) is 5.05. The van der Waals surface area contributed by atoms with Crippen LogP contribution < -0.4 is 0 Å². The maximum absolute atomic E-state index is 5.94. The first kappa shape index (κ1) is 16.2. The molecular formula is C14H18Cl2N2S2. The Morgan fingerprint density at radius 3 is 2.80 bits per heavy atom. The minimum absolute atomic E-state index is 0.516. The normalized spacial score (nSPS) is 11.4. The summed E-state index contributed by atoms with van der Waals surface area (Å²) in [6.07, 6.45) is 3.41. The number of unbranched alkanes of at least 4 members (excludes halogenated alkanes) is 1. The highest BCUT2D eigenvalue weighted by Crippen LogP contribution is 2.22. The standard InChI is InChI=1S/C14H18Cl2N2S2/c1-18(9-12-5-6-13(16)20-12)7-3-2-4-14-17-11(8-15)10-19-14/h5-6,10H,2-4,7-9H2,1H3. The van der Waals surface area contributed by atoms with E-state index in [1.54, 1.807) is 22.7 Å². The Balaban J connectivity index is 1.62. The number of alkyl halides is 1. The van der Waals surface area contributed by atoms with E-state index < -0.39 is 0 Å². The van der Waals surface area contributed by atoms with Gasteiger partial charge in [-0.2, -0.15) is 0 Å². The van der Waals surface area contributed by atoms with Gasteiger partial charge >= 0.3 is 0 Å². The zero-order chi connectivity index (χ0) is 14.4.